The van der Waals surface area contributed by atoms with Crippen molar-refractivity contribution in [1.82, 2.24) is 5.32 Å². The molecule has 3 aromatic rings. The Kier molecular flexibility index (Phi) is 4.59. The van der Waals surface area contributed by atoms with Crippen LogP contribution in [0, 0.1) is 24.6 Å². The Balaban J connectivity index is 1.50. The lowest BCUT2D eigenvalue weighted by Crippen LogP contribution is -2.53. The van der Waals surface area contributed by atoms with Gasteiger partial charge in [0.1, 0.15) is 17.1 Å². The molecule has 0 radical (unpaired) electrons. The van der Waals surface area contributed by atoms with E-state index in [9.17, 15) is 23.9 Å². The standard InChI is InChI=1S/C27H22FN3O4/c1-14-3-2-4-17(11-14)31-24(33)22-21(12-15-5-8-18(32)9-6-15)30-27(23(22)25(31)34)19-13-16(28)7-10-20(19)29-26(27)35/h2-11,13,21-23,30,32H,12H2,1H3,(H,29,35)/t21-,22-,23+,27-/m1/s1. The van der Waals surface area contributed by atoms with Gasteiger partial charge in [0.2, 0.25) is 17.7 Å². The van der Waals surface area contributed by atoms with E-state index in [0.29, 0.717) is 23.4 Å². The molecule has 3 aliphatic rings. The third kappa shape index (κ3) is 3.03. The second-order valence-corrected chi connectivity index (χ2v) is 9.43. The van der Waals surface area contributed by atoms with Gasteiger partial charge in [-0.1, -0.05) is 24.3 Å². The summed E-state index contributed by atoms with van der Waals surface area (Å²) in [6, 6.07) is 17.1. The van der Waals surface area contributed by atoms with Crippen molar-refractivity contribution in [3.8, 4) is 5.75 Å². The van der Waals surface area contributed by atoms with Crippen molar-refractivity contribution in [2.45, 2.75) is 24.9 Å². The zero-order valence-corrected chi connectivity index (χ0v) is 18.8. The van der Waals surface area contributed by atoms with Crippen molar-refractivity contribution in [3.63, 3.8) is 0 Å². The van der Waals surface area contributed by atoms with E-state index in [1.165, 1.54) is 23.1 Å². The van der Waals surface area contributed by atoms with Crippen LogP contribution >= 0.6 is 0 Å². The summed E-state index contributed by atoms with van der Waals surface area (Å²) < 4.78 is 14.4. The summed E-state index contributed by atoms with van der Waals surface area (Å²) in [7, 11) is 0. The van der Waals surface area contributed by atoms with Crippen molar-refractivity contribution in [1.29, 1.82) is 0 Å². The first-order chi connectivity index (χ1) is 16.8. The Hall–Kier alpha value is -4.04. The van der Waals surface area contributed by atoms with Gasteiger partial charge in [0.15, 0.2) is 0 Å². The molecule has 4 atom stereocenters. The summed E-state index contributed by atoms with van der Waals surface area (Å²) >= 11 is 0. The van der Waals surface area contributed by atoms with Gasteiger partial charge in [-0.25, -0.2) is 9.29 Å². The van der Waals surface area contributed by atoms with Crippen LogP contribution in [0.25, 0.3) is 0 Å². The van der Waals surface area contributed by atoms with Gasteiger partial charge in [-0.15, -0.1) is 0 Å². The average molecular weight is 471 g/mol. The van der Waals surface area contributed by atoms with Crippen LogP contribution in [0.15, 0.2) is 66.7 Å². The van der Waals surface area contributed by atoms with Crippen molar-refractivity contribution in [2.75, 3.05) is 10.2 Å². The lowest BCUT2D eigenvalue weighted by molar-refractivity contribution is -0.130. The number of benzene rings is 3. The van der Waals surface area contributed by atoms with E-state index in [2.05, 4.69) is 10.6 Å². The first-order valence-corrected chi connectivity index (χ1v) is 11.4. The Bertz CT molecular complexity index is 1410. The molecule has 1 spiro atoms. The lowest BCUT2D eigenvalue weighted by atomic mass is 9.76. The molecule has 3 heterocycles. The smallest absolute Gasteiger partial charge is 0.250 e. The minimum Gasteiger partial charge on any atom is -0.508 e. The number of aryl methyl sites for hydroxylation is 1. The van der Waals surface area contributed by atoms with E-state index >= 15 is 0 Å². The Morgan fingerprint density at radius 2 is 1.77 bits per heavy atom. The molecule has 176 valence electrons. The van der Waals surface area contributed by atoms with Gasteiger partial charge in [-0.05, 0) is 66.9 Å². The molecule has 0 bridgehead atoms. The zero-order valence-electron chi connectivity index (χ0n) is 18.8. The number of phenolic OH excluding ortho intramolecular Hbond substituents is 1. The minimum atomic E-state index is -1.57. The summed E-state index contributed by atoms with van der Waals surface area (Å²) in [5, 5.41) is 15.7. The van der Waals surface area contributed by atoms with Gasteiger partial charge < -0.3 is 10.4 Å². The van der Waals surface area contributed by atoms with E-state index < -0.39 is 47.0 Å². The fraction of sp³-hybridized carbons (Fsp3) is 0.222. The van der Waals surface area contributed by atoms with Gasteiger partial charge in [-0.2, -0.15) is 0 Å². The number of carbonyl (C=O) groups excluding carboxylic acids is 3. The number of halogens is 1. The summed E-state index contributed by atoms with van der Waals surface area (Å²) in [5.74, 6) is -3.66. The lowest BCUT2D eigenvalue weighted by Gasteiger charge is -2.29. The van der Waals surface area contributed by atoms with Crippen molar-refractivity contribution in [2.24, 2.45) is 11.8 Å². The number of fused-ring (bicyclic) bond motifs is 4. The van der Waals surface area contributed by atoms with E-state index in [0.717, 1.165) is 11.1 Å². The molecule has 3 N–H and O–H groups in total. The van der Waals surface area contributed by atoms with Gasteiger partial charge in [0.05, 0.1) is 17.5 Å². The largest absolute Gasteiger partial charge is 0.508 e. The molecule has 7 nitrogen and oxygen atoms in total. The maximum atomic E-state index is 14.4. The van der Waals surface area contributed by atoms with Crippen LogP contribution in [-0.4, -0.2) is 28.9 Å². The molecule has 8 heteroatoms. The maximum absolute atomic E-state index is 14.4. The van der Waals surface area contributed by atoms with Gasteiger partial charge in [0, 0.05) is 17.3 Å². The minimum absolute atomic E-state index is 0.111. The summed E-state index contributed by atoms with van der Waals surface area (Å²) in [4.78, 5) is 42.4. The van der Waals surface area contributed by atoms with Crippen LogP contribution in [0.3, 0.4) is 0 Å². The highest BCUT2D eigenvalue weighted by atomic mass is 19.1. The van der Waals surface area contributed by atoms with Crippen LogP contribution in [0.2, 0.25) is 0 Å². The van der Waals surface area contributed by atoms with Crippen LogP contribution in [-0.2, 0) is 26.3 Å². The summed E-state index contributed by atoms with van der Waals surface area (Å²) in [6.07, 6.45) is 0.335. The summed E-state index contributed by atoms with van der Waals surface area (Å²) in [6.45, 7) is 1.87. The van der Waals surface area contributed by atoms with Crippen molar-refractivity contribution < 1.29 is 23.9 Å². The third-order valence-electron chi connectivity index (χ3n) is 7.33. The van der Waals surface area contributed by atoms with Gasteiger partial charge in [-0.3, -0.25) is 19.7 Å². The van der Waals surface area contributed by atoms with E-state index in [1.54, 1.807) is 42.5 Å². The number of anilines is 2. The van der Waals surface area contributed by atoms with Crippen LogP contribution in [0.5, 0.6) is 5.75 Å². The number of nitrogens with zero attached hydrogens (tertiary/aromatic N) is 1. The topological polar surface area (TPSA) is 98.7 Å². The van der Waals surface area contributed by atoms with E-state index in [1.807, 2.05) is 13.0 Å². The number of aromatic hydroxyl groups is 1. The van der Waals surface area contributed by atoms with Crippen molar-refractivity contribution >= 4 is 29.1 Å². The normalized spacial score (nSPS) is 26.9. The second kappa shape index (κ2) is 7.48. The fourth-order valence-corrected chi connectivity index (χ4v) is 5.86. The number of rotatable bonds is 3. The molecule has 3 aromatic carbocycles. The first kappa shape index (κ1) is 21.5. The highest BCUT2D eigenvalue weighted by molar-refractivity contribution is 6.25. The fourth-order valence-electron chi connectivity index (χ4n) is 5.86. The predicted octanol–water partition coefficient (Wildman–Crippen LogP) is 3.01. The molecule has 3 amide bonds. The number of hydrogen-bond acceptors (Lipinski definition) is 5. The second-order valence-electron chi connectivity index (χ2n) is 9.43. The monoisotopic (exact) mass is 471 g/mol. The number of phenols is 1. The molecule has 3 aliphatic heterocycles. The molecule has 0 unspecified atom stereocenters. The highest BCUT2D eigenvalue weighted by Gasteiger charge is 2.70. The number of carbonyl (C=O) groups is 3. The number of nitrogens with one attached hydrogen (secondary N) is 2. The molecule has 0 aromatic heterocycles. The molecule has 2 saturated heterocycles. The SMILES string of the molecule is Cc1cccc(N2C(=O)[C@H]3[C@@H](C2=O)[C@@]2(N[C@@H]3Cc3ccc(O)cc3)C(=O)Nc3ccc(F)cc32)c1. The number of imide groups is 1. The van der Waals surface area contributed by atoms with E-state index in [-0.39, 0.29) is 5.75 Å². The molecule has 0 aliphatic carbocycles. The molecular weight excluding hydrogens is 449 g/mol. The average Bonchev–Trinajstić information content (AvgIpc) is 3.40. The van der Waals surface area contributed by atoms with Gasteiger partial charge in [0.25, 0.3) is 0 Å². The zero-order chi connectivity index (χ0) is 24.5. The Morgan fingerprint density at radius 3 is 2.51 bits per heavy atom. The Morgan fingerprint density at radius 1 is 1.00 bits per heavy atom. The summed E-state index contributed by atoms with van der Waals surface area (Å²) in [5.41, 5.74) is 1.34. The molecule has 2 fully saturated rings. The predicted molar refractivity (Wildman–Crippen MR) is 126 cm³/mol. The molecule has 0 saturated carbocycles. The van der Waals surface area contributed by atoms with Crippen LogP contribution in [0.1, 0.15) is 16.7 Å². The van der Waals surface area contributed by atoms with Crippen LogP contribution in [0.4, 0.5) is 15.8 Å². The van der Waals surface area contributed by atoms with Crippen molar-refractivity contribution in [3.05, 3.63) is 89.2 Å². The number of amides is 3. The quantitative estimate of drug-likeness (QED) is 0.510. The molecule has 6 rings (SSSR count). The molecular formula is C27H22FN3O4. The number of hydrogen-bond donors (Lipinski definition) is 3. The molecule has 35 heavy (non-hydrogen) atoms. The Labute approximate surface area is 200 Å². The van der Waals surface area contributed by atoms with E-state index in [4.69, 9.17) is 0 Å². The third-order valence-corrected chi connectivity index (χ3v) is 7.33. The first-order valence-electron chi connectivity index (χ1n) is 11.4. The maximum Gasteiger partial charge on any atom is 0.250 e. The van der Waals surface area contributed by atoms with Crippen LogP contribution < -0.4 is 15.5 Å². The van der Waals surface area contributed by atoms with Gasteiger partial charge >= 0.3 is 0 Å². The highest BCUT2D eigenvalue weighted by Crippen LogP contribution is 2.54.